The number of hydrogen-bond acceptors (Lipinski definition) is 8. The molecule has 0 amide bonds. The molecule has 0 unspecified atom stereocenters. The Morgan fingerprint density at radius 2 is 2.00 bits per heavy atom. The molecule has 36 heavy (non-hydrogen) atoms. The number of nitrogens with one attached hydrogen (secondary N) is 2. The molecule has 1 aromatic carbocycles. The molecule has 0 spiro atoms. The number of benzene rings is 1. The highest BCUT2D eigenvalue weighted by molar-refractivity contribution is 7.89. The van der Waals surface area contributed by atoms with E-state index in [2.05, 4.69) is 27.8 Å². The maximum absolute atomic E-state index is 13.2. The standard InChI is InChI=1S/C26H31N5O4S/c27-16-21-17-29-26(15-25(21)35-23-9-14-34-18-23)30-22-7-12-31(13-8-22)36(32,33)24-3-1-19(2-4-24)20-5-10-28-11-6-20/h1-5,15,17,22-23,28H,6-14,18H2,(H,29,30)/t23-/m0/s1. The first kappa shape index (κ1) is 24.7. The van der Waals surface area contributed by atoms with Crippen molar-refractivity contribution in [3.8, 4) is 11.8 Å². The van der Waals surface area contributed by atoms with Crippen molar-refractivity contribution >= 4 is 21.4 Å². The van der Waals surface area contributed by atoms with Gasteiger partial charge in [-0.1, -0.05) is 18.2 Å². The van der Waals surface area contributed by atoms with Crippen molar-refractivity contribution in [1.29, 1.82) is 5.26 Å². The molecule has 9 nitrogen and oxygen atoms in total. The highest BCUT2D eigenvalue weighted by Crippen LogP contribution is 2.28. The van der Waals surface area contributed by atoms with E-state index in [0.717, 1.165) is 31.5 Å². The molecule has 4 heterocycles. The first-order valence-electron chi connectivity index (χ1n) is 12.4. The van der Waals surface area contributed by atoms with Gasteiger partial charge in [0.05, 0.1) is 24.3 Å². The zero-order valence-electron chi connectivity index (χ0n) is 20.2. The Kier molecular flexibility index (Phi) is 7.53. The quantitative estimate of drug-likeness (QED) is 0.585. The van der Waals surface area contributed by atoms with Gasteiger partial charge in [-0.2, -0.15) is 9.57 Å². The molecule has 2 N–H and O–H groups in total. The Bertz CT molecular complexity index is 1240. The molecule has 3 aliphatic heterocycles. The third kappa shape index (κ3) is 5.55. The van der Waals surface area contributed by atoms with Gasteiger partial charge in [-0.15, -0.1) is 0 Å². The SMILES string of the molecule is N#Cc1cnc(NC2CCN(S(=O)(=O)c3ccc(C4=CCNCC4)cc3)CC2)cc1O[C@H]1CCOC1. The number of aromatic nitrogens is 1. The number of rotatable bonds is 7. The minimum Gasteiger partial charge on any atom is -0.486 e. The lowest BCUT2D eigenvalue weighted by atomic mass is 10.0. The molecule has 2 saturated heterocycles. The van der Waals surface area contributed by atoms with Crippen molar-refractivity contribution < 1.29 is 17.9 Å². The van der Waals surface area contributed by atoms with Gasteiger partial charge in [0.15, 0.2) is 0 Å². The molecule has 0 saturated carbocycles. The van der Waals surface area contributed by atoms with Gasteiger partial charge in [0.1, 0.15) is 29.3 Å². The van der Waals surface area contributed by atoms with E-state index in [1.165, 1.54) is 11.8 Å². The number of pyridine rings is 1. The third-order valence-corrected chi connectivity index (χ3v) is 8.81. The molecule has 5 rings (SSSR count). The monoisotopic (exact) mass is 509 g/mol. The minimum atomic E-state index is -3.54. The van der Waals surface area contributed by atoms with Crippen molar-refractivity contribution in [3.05, 3.63) is 53.7 Å². The second-order valence-corrected chi connectivity index (χ2v) is 11.2. The Hall–Kier alpha value is -2.97. The zero-order chi connectivity index (χ0) is 25.0. The van der Waals surface area contributed by atoms with E-state index in [0.29, 0.717) is 61.2 Å². The minimum absolute atomic E-state index is 0.0636. The van der Waals surface area contributed by atoms with Crippen LogP contribution in [0, 0.1) is 11.3 Å². The van der Waals surface area contributed by atoms with Gasteiger partial charge in [-0.05, 0) is 49.1 Å². The molecule has 0 bridgehead atoms. The van der Waals surface area contributed by atoms with Crippen LogP contribution in [-0.2, 0) is 14.8 Å². The first-order chi connectivity index (χ1) is 17.5. The van der Waals surface area contributed by atoms with Crippen LogP contribution >= 0.6 is 0 Å². The average molecular weight is 510 g/mol. The van der Waals surface area contributed by atoms with Gasteiger partial charge in [-0.25, -0.2) is 13.4 Å². The van der Waals surface area contributed by atoms with Crippen molar-refractivity contribution in [2.24, 2.45) is 0 Å². The fourth-order valence-corrected chi connectivity index (χ4v) is 6.28. The first-order valence-corrected chi connectivity index (χ1v) is 13.9. The topological polar surface area (TPSA) is 117 Å². The molecular weight excluding hydrogens is 478 g/mol. The molecule has 2 aromatic rings. The van der Waals surface area contributed by atoms with Crippen LogP contribution in [0.25, 0.3) is 5.57 Å². The van der Waals surface area contributed by atoms with E-state index in [-0.39, 0.29) is 12.1 Å². The molecule has 3 aliphatic rings. The highest BCUT2D eigenvalue weighted by atomic mass is 32.2. The van der Waals surface area contributed by atoms with E-state index in [1.54, 1.807) is 22.5 Å². The Morgan fingerprint density at radius 3 is 2.67 bits per heavy atom. The number of anilines is 1. The molecule has 2 fully saturated rings. The Morgan fingerprint density at radius 1 is 1.19 bits per heavy atom. The summed E-state index contributed by atoms with van der Waals surface area (Å²) in [6.45, 7) is 3.82. The summed E-state index contributed by atoms with van der Waals surface area (Å²) in [5, 5.41) is 16.1. The van der Waals surface area contributed by atoms with Crippen LogP contribution in [0.1, 0.15) is 36.8 Å². The van der Waals surface area contributed by atoms with Gasteiger partial charge < -0.3 is 20.1 Å². The van der Waals surface area contributed by atoms with E-state index < -0.39 is 10.0 Å². The highest BCUT2D eigenvalue weighted by Gasteiger charge is 2.30. The maximum Gasteiger partial charge on any atom is 0.243 e. The number of hydrogen-bond donors (Lipinski definition) is 2. The largest absolute Gasteiger partial charge is 0.486 e. The second-order valence-electron chi connectivity index (χ2n) is 9.31. The number of nitriles is 1. The van der Waals surface area contributed by atoms with Crippen LogP contribution in [0.2, 0.25) is 0 Å². The van der Waals surface area contributed by atoms with Crippen LogP contribution in [0.3, 0.4) is 0 Å². The summed E-state index contributed by atoms with van der Waals surface area (Å²) in [6.07, 6.45) is 6.66. The van der Waals surface area contributed by atoms with E-state index >= 15 is 0 Å². The lowest BCUT2D eigenvalue weighted by Gasteiger charge is -2.32. The van der Waals surface area contributed by atoms with Crippen LogP contribution in [0.15, 0.2) is 47.5 Å². The fraction of sp³-hybridized carbons (Fsp3) is 0.462. The predicted molar refractivity (Wildman–Crippen MR) is 136 cm³/mol. The smallest absolute Gasteiger partial charge is 0.243 e. The third-order valence-electron chi connectivity index (χ3n) is 6.90. The Balaban J connectivity index is 1.19. The van der Waals surface area contributed by atoms with Gasteiger partial charge in [0, 0.05) is 38.2 Å². The fourth-order valence-electron chi connectivity index (χ4n) is 4.81. The Labute approximate surface area is 212 Å². The van der Waals surface area contributed by atoms with Crippen molar-refractivity contribution in [3.63, 3.8) is 0 Å². The molecule has 190 valence electrons. The second kappa shape index (κ2) is 11.0. The maximum atomic E-state index is 13.2. The van der Waals surface area contributed by atoms with E-state index in [4.69, 9.17) is 9.47 Å². The van der Waals surface area contributed by atoms with Gasteiger partial charge in [0.2, 0.25) is 10.0 Å². The van der Waals surface area contributed by atoms with Gasteiger partial charge >= 0.3 is 0 Å². The number of nitrogens with zero attached hydrogens (tertiary/aromatic N) is 3. The van der Waals surface area contributed by atoms with E-state index in [1.807, 2.05) is 12.1 Å². The van der Waals surface area contributed by atoms with Crippen LogP contribution < -0.4 is 15.4 Å². The lowest BCUT2D eigenvalue weighted by molar-refractivity contribution is 0.141. The summed E-state index contributed by atoms with van der Waals surface area (Å²) in [4.78, 5) is 4.69. The number of ether oxygens (including phenoxy) is 2. The number of sulfonamides is 1. The zero-order valence-corrected chi connectivity index (χ0v) is 21.0. The van der Waals surface area contributed by atoms with Crippen molar-refractivity contribution in [2.45, 2.75) is 42.7 Å². The van der Waals surface area contributed by atoms with Crippen molar-refractivity contribution in [2.75, 3.05) is 44.7 Å². The van der Waals surface area contributed by atoms with Gasteiger partial charge in [0.25, 0.3) is 0 Å². The van der Waals surface area contributed by atoms with Crippen LogP contribution in [-0.4, -0.2) is 69.2 Å². The van der Waals surface area contributed by atoms with E-state index in [9.17, 15) is 13.7 Å². The molecule has 0 aliphatic carbocycles. The molecular formula is C26H31N5O4S. The van der Waals surface area contributed by atoms with Crippen molar-refractivity contribution in [1.82, 2.24) is 14.6 Å². The molecule has 1 atom stereocenters. The summed E-state index contributed by atoms with van der Waals surface area (Å²) in [6, 6.07) is 11.2. The average Bonchev–Trinajstić information content (AvgIpc) is 3.43. The summed E-state index contributed by atoms with van der Waals surface area (Å²) < 4.78 is 39.3. The summed E-state index contributed by atoms with van der Waals surface area (Å²) in [7, 11) is -3.54. The molecule has 1 aromatic heterocycles. The summed E-state index contributed by atoms with van der Waals surface area (Å²) in [5.74, 6) is 1.11. The summed E-state index contributed by atoms with van der Waals surface area (Å²) in [5.41, 5.74) is 2.72. The normalized spacial score (nSPS) is 21.5. The van der Waals surface area contributed by atoms with Crippen LogP contribution in [0.4, 0.5) is 5.82 Å². The predicted octanol–water partition coefficient (Wildman–Crippen LogP) is 2.76. The van der Waals surface area contributed by atoms with Crippen LogP contribution in [0.5, 0.6) is 5.75 Å². The summed E-state index contributed by atoms with van der Waals surface area (Å²) >= 11 is 0. The number of piperidine rings is 1. The molecule has 10 heteroatoms. The molecule has 0 radical (unpaired) electrons. The van der Waals surface area contributed by atoms with Gasteiger partial charge in [-0.3, -0.25) is 0 Å². The lowest BCUT2D eigenvalue weighted by Crippen LogP contribution is -2.42.